The lowest BCUT2D eigenvalue weighted by atomic mass is 9.82. The number of alkyl halides is 3. The highest BCUT2D eigenvalue weighted by molar-refractivity contribution is 6.31. The third kappa shape index (κ3) is 5.40. The molecular weight excluding hydrogens is 597 g/mol. The third-order valence-electron chi connectivity index (χ3n) is 8.37. The van der Waals surface area contributed by atoms with E-state index in [4.69, 9.17) is 31.8 Å². The third-order valence-corrected chi connectivity index (χ3v) is 8.58. The molecule has 3 heterocycles. The van der Waals surface area contributed by atoms with Crippen LogP contribution in [0.2, 0.25) is 5.02 Å². The van der Waals surface area contributed by atoms with E-state index in [0.29, 0.717) is 55.5 Å². The van der Waals surface area contributed by atoms with Gasteiger partial charge in [0, 0.05) is 46.4 Å². The quantitative estimate of drug-likeness (QED) is 0.247. The second-order valence-electron chi connectivity index (χ2n) is 11.4. The van der Waals surface area contributed by atoms with Gasteiger partial charge in [0.05, 0.1) is 17.7 Å². The van der Waals surface area contributed by atoms with Crippen LogP contribution >= 0.6 is 11.6 Å². The first-order valence-corrected chi connectivity index (χ1v) is 14.3. The summed E-state index contributed by atoms with van der Waals surface area (Å²) in [5, 5.41) is 4.08. The van der Waals surface area contributed by atoms with Gasteiger partial charge in [0.1, 0.15) is 34.7 Å². The molecule has 0 saturated heterocycles. The van der Waals surface area contributed by atoms with E-state index < -0.39 is 23.1 Å². The fourth-order valence-electron chi connectivity index (χ4n) is 5.60. The first-order valence-electron chi connectivity index (χ1n) is 14.0. The van der Waals surface area contributed by atoms with E-state index in [1.165, 1.54) is 25.4 Å². The van der Waals surface area contributed by atoms with Crippen molar-refractivity contribution < 1.29 is 32.2 Å². The molecule has 1 fully saturated rings. The molecule has 0 bridgehead atoms. The highest BCUT2D eigenvalue weighted by atomic mass is 35.5. The zero-order valence-corrected chi connectivity index (χ0v) is 24.6. The van der Waals surface area contributed by atoms with Gasteiger partial charge < -0.3 is 20.5 Å². The lowest BCUT2D eigenvalue weighted by Crippen LogP contribution is -2.40. The zero-order chi connectivity index (χ0) is 31.4. The number of fused-ring (bicyclic) bond motifs is 2. The van der Waals surface area contributed by atoms with Crippen LogP contribution < -0.4 is 20.5 Å². The summed E-state index contributed by atoms with van der Waals surface area (Å²) in [7, 11) is 1.49. The molecule has 2 aromatic carbocycles. The molecule has 44 heavy (non-hydrogen) atoms. The molecule has 8 nitrogen and oxygen atoms in total. The summed E-state index contributed by atoms with van der Waals surface area (Å²) >= 11 is 6.12. The van der Waals surface area contributed by atoms with Gasteiger partial charge in [-0.3, -0.25) is 14.6 Å². The van der Waals surface area contributed by atoms with Gasteiger partial charge in [-0.05, 0) is 62.1 Å². The number of rotatable bonds is 8. The van der Waals surface area contributed by atoms with E-state index in [1.54, 1.807) is 31.2 Å². The van der Waals surface area contributed by atoms with Crippen molar-refractivity contribution in [1.82, 2.24) is 15.3 Å². The Kier molecular flexibility index (Phi) is 7.39. The number of primary amides is 1. The SMILES string of the molecule is COc1cc(C(=O)NC[C@H](c2cc3c(c(-c4ccc(C(F)(F)F)cc4)n2)OC[C@]3(C)C(N)=O)C2CC2)cc2cc(Cl)cnc12. The number of halogens is 4. The minimum atomic E-state index is -4.50. The molecule has 1 aliphatic carbocycles. The second kappa shape index (κ2) is 11.0. The van der Waals surface area contributed by atoms with E-state index in [2.05, 4.69) is 10.3 Å². The maximum absolute atomic E-state index is 13.4. The van der Waals surface area contributed by atoms with Gasteiger partial charge in [-0.15, -0.1) is 0 Å². The van der Waals surface area contributed by atoms with Crippen molar-refractivity contribution >= 4 is 34.3 Å². The first-order chi connectivity index (χ1) is 20.9. The van der Waals surface area contributed by atoms with Gasteiger partial charge >= 0.3 is 6.18 Å². The summed E-state index contributed by atoms with van der Waals surface area (Å²) in [6, 6.07) is 11.4. The summed E-state index contributed by atoms with van der Waals surface area (Å²) in [4.78, 5) is 35.1. The lowest BCUT2D eigenvalue weighted by molar-refractivity contribution is -0.137. The Labute approximate surface area is 255 Å². The van der Waals surface area contributed by atoms with E-state index in [9.17, 15) is 22.8 Å². The maximum Gasteiger partial charge on any atom is 0.416 e. The Morgan fingerprint density at radius 2 is 1.91 bits per heavy atom. The number of carbonyl (C=O) groups is 2. The van der Waals surface area contributed by atoms with Crippen LogP contribution in [0.5, 0.6) is 11.5 Å². The van der Waals surface area contributed by atoms with Crippen molar-refractivity contribution in [3.8, 4) is 22.8 Å². The smallest absolute Gasteiger partial charge is 0.416 e. The fourth-order valence-corrected chi connectivity index (χ4v) is 5.77. The Morgan fingerprint density at radius 1 is 1.18 bits per heavy atom. The van der Waals surface area contributed by atoms with E-state index in [1.807, 2.05) is 0 Å². The number of carbonyl (C=O) groups excluding carboxylic acids is 2. The molecule has 3 N–H and O–H groups in total. The van der Waals surface area contributed by atoms with Crippen LogP contribution in [0.1, 0.15) is 52.9 Å². The molecule has 228 valence electrons. The van der Waals surface area contributed by atoms with Crippen molar-refractivity contribution in [3.63, 3.8) is 0 Å². The number of benzene rings is 2. The van der Waals surface area contributed by atoms with Crippen molar-refractivity contribution in [1.29, 1.82) is 0 Å². The predicted molar refractivity (Wildman–Crippen MR) is 158 cm³/mol. The molecule has 2 aliphatic rings. The molecule has 2 amide bonds. The number of nitrogens with zero attached hydrogens (tertiary/aromatic N) is 2. The topological polar surface area (TPSA) is 116 Å². The number of hydrogen-bond acceptors (Lipinski definition) is 6. The monoisotopic (exact) mass is 624 g/mol. The molecule has 6 rings (SSSR count). The van der Waals surface area contributed by atoms with Gasteiger partial charge in [-0.25, -0.2) is 4.98 Å². The Balaban J connectivity index is 1.36. The summed E-state index contributed by atoms with van der Waals surface area (Å²) in [6.07, 6.45) is -1.17. The van der Waals surface area contributed by atoms with E-state index in [0.717, 1.165) is 25.0 Å². The normalized spacial score (nSPS) is 18.4. The van der Waals surface area contributed by atoms with Gasteiger partial charge in [-0.2, -0.15) is 13.2 Å². The summed E-state index contributed by atoms with van der Waals surface area (Å²) < 4.78 is 51.2. The van der Waals surface area contributed by atoms with E-state index in [-0.39, 0.29) is 30.9 Å². The van der Waals surface area contributed by atoms with Crippen molar-refractivity contribution in [2.75, 3.05) is 20.3 Å². The first kappa shape index (κ1) is 29.7. The summed E-state index contributed by atoms with van der Waals surface area (Å²) in [5.74, 6) is -0.237. The number of ether oxygens (including phenoxy) is 2. The number of pyridine rings is 2. The van der Waals surface area contributed by atoms with Gasteiger partial charge in [0.15, 0.2) is 0 Å². The van der Waals surface area contributed by atoms with Gasteiger partial charge in [0.2, 0.25) is 5.91 Å². The molecule has 4 aromatic rings. The molecule has 1 aliphatic heterocycles. The molecule has 2 aromatic heterocycles. The van der Waals surface area contributed by atoms with Crippen LogP contribution in [0.3, 0.4) is 0 Å². The highest BCUT2D eigenvalue weighted by Crippen LogP contribution is 2.48. The van der Waals surface area contributed by atoms with Crippen molar-refractivity contribution in [2.45, 2.75) is 37.3 Å². The van der Waals surface area contributed by atoms with Gasteiger partial charge in [-0.1, -0.05) is 23.7 Å². The Bertz CT molecular complexity index is 1790. The van der Waals surface area contributed by atoms with E-state index >= 15 is 0 Å². The average molecular weight is 625 g/mol. The van der Waals surface area contributed by atoms with Gasteiger partial charge in [0.25, 0.3) is 5.91 Å². The largest absolute Gasteiger partial charge is 0.494 e. The minimum Gasteiger partial charge on any atom is -0.494 e. The highest BCUT2D eigenvalue weighted by Gasteiger charge is 2.45. The number of aromatic nitrogens is 2. The molecule has 12 heteroatoms. The second-order valence-corrected chi connectivity index (χ2v) is 11.8. The molecular formula is C32H28ClF3N4O4. The Morgan fingerprint density at radius 3 is 2.55 bits per heavy atom. The van der Waals surface area contributed by atoms with Crippen molar-refractivity contribution in [3.05, 3.63) is 82.1 Å². The number of amides is 2. The number of nitrogens with two attached hydrogens (primary N) is 1. The molecule has 0 unspecified atom stereocenters. The summed E-state index contributed by atoms with van der Waals surface area (Å²) in [5.41, 5.74) is 6.59. The number of nitrogens with one attached hydrogen (secondary N) is 1. The van der Waals surface area contributed by atoms with Crippen LogP contribution in [0.4, 0.5) is 13.2 Å². The standard InChI is InChI=1S/C32H28ClF3N4O4/c1-31(30(37)42)15-44-28-23(31)12-24(40-27(28)17-5-7-20(8-6-17)32(34,35)36)22(16-3-4-16)14-39-29(41)19-9-18-10-21(33)13-38-26(18)25(11-19)43-2/h5-13,16,22H,3-4,14-15H2,1-2H3,(H2,37,42)(H,39,41)/t22-,31-/m0/s1. The fraction of sp³-hybridized carbons (Fsp3) is 0.312. The molecule has 1 saturated carbocycles. The lowest BCUT2D eigenvalue weighted by Gasteiger charge is -2.22. The van der Waals surface area contributed by atoms with Crippen LogP contribution in [-0.4, -0.2) is 42.0 Å². The number of hydrogen-bond donors (Lipinski definition) is 2. The average Bonchev–Trinajstić information content (AvgIpc) is 3.77. The molecule has 2 atom stereocenters. The summed E-state index contributed by atoms with van der Waals surface area (Å²) in [6.45, 7) is 1.87. The Hall–Kier alpha value is -4.38. The molecule has 0 spiro atoms. The zero-order valence-electron chi connectivity index (χ0n) is 23.8. The van der Waals surface area contributed by atoms with Crippen LogP contribution in [-0.2, 0) is 16.4 Å². The predicted octanol–water partition coefficient (Wildman–Crippen LogP) is 6.04. The van der Waals surface area contributed by atoms with Crippen molar-refractivity contribution in [2.24, 2.45) is 11.7 Å². The van der Waals surface area contributed by atoms with Crippen LogP contribution in [0, 0.1) is 5.92 Å². The van der Waals surface area contributed by atoms with Crippen LogP contribution in [0.15, 0.2) is 54.7 Å². The van der Waals surface area contributed by atoms with Crippen LogP contribution in [0.25, 0.3) is 22.2 Å². The molecule has 0 radical (unpaired) electrons. The minimum absolute atomic E-state index is 0.0239. The maximum atomic E-state index is 13.4. The number of methoxy groups -OCH3 is 1.